The Morgan fingerprint density at radius 3 is 2.67 bits per heavy atom. The molecule has 24 heavy (non-hydrogen) atoms. The molecule has 0 radical (unpaired) electrons. The number of hydrogen-bond donors (Lipinski definition) is 0. The summed E-state index contributed by atoms with van der Waals surface area (Å²) in [5.41, 5.74) is 1.47. The van der Waals surface area contributed by atoms with Crippen LogP contribution >= 0.6 is 11.8 Å². The van der Waals surface area contributed by atoms with Crippen molar-refractivity contribution in [3.05, 3.63) is 53.0 Å². The number of carbonyl (C=O) groups is 1. The molecule has 2 heteroatoms. The third kappa shape index (κ3) is 2.50. The molecular formula is C22H26OS. The minimum absolute atomic E-state index is 0.0973. The van der Waals surface area contributed by atoms with Crippen molar-refractivity contribution in [2.75, 3.05) is 0 Å². The van der Waals surface area contributed by atoms with Gasteiger partial charge in [-0.3, -0.25) is 4.79 Å². The maximum absolute atomic E-state index is 12.7. The van der Waals surface area contributed by atoms with Gasteiger partial charge in [-0.25, -0.2) is 0 Å². The lowest BCUT2D eigenvalue weighted by Gasteiger charge is -2.50. The quantitative estimate of drug-likeness (QED) is 0.626. The van der Waals surface area contributed by atoms with Crippen LogP contribution in [0.15, 0.2) is 57.9 Å². The van der Waals surface area contributed by atoms with E-state index in [2.05, 4.69) is 56.3 Å². The van der Waals surface area contributed by atoms with Gasteiger partial charge >= 0.3 is 0 Å². The van der Waals surface area contributed by atoms with E-state index < -0.39 is 0 Å². The molecule has 4 atom stereocenters. The smallest absolute Gasteiger partial charge is 0.137 e. The van der Waals surface area contributed by atoms with Gasteiger partial charge in [0.2, 0.25) is 0 Å². The molecule has 126 valence electrons. The van der Waals surface area contributed by atoms with Gasteiger partial charge < -0.3 is 0 Å². The maximum Gasteiger partial charge on any atom is 0.137 e. The first kappa shape index (κ1) is 16.2. The van der Waals surface area contributed by atoms with E-state index in [4.69, 9.17) is 0 Å². The van der Waals surface area contributed by atoms with E-state index in [1.54, 1.807) is 0 Å². The Morgan fingerprint density at radius 2 is 1.92 bits per heavy atom. The Hall–Kier alpha value is -1.28. The van der Waals surface area contributed by atoms with Crippen LogP contribution in [0.4, 0.5) is 0 Å². The van der Waals surface area contributed by atoms with E-state index in [9.17, 15) is 4.79 Å². The van der Waals surface area contributed by atoms with Crippen LogP contribution in [0, 0.1) is 23.2 Å². The maximum atomic E-state index is 12.7. The van der Waals surface area contributed by atoms with Gasteiger partial charge in [0.25, 0.3) is 0 Å². The highest BCUT2D eigenvalue weighted by molar-refractivity contribution is 8.03. The molecule has 0 amide bonds. The van der Waals surface area contributed by atoms with E-state index in [1.807, 2.05) is 11.8 Å². The summed E-state index contributed by atoms with van der Waals surface area (Å²) in [4.78, 5) is 15.6. The van der Waals surface area contributed by atoms with Gasteiger partial charge in [-0.2, -0.15) is 0 Å². The molecule has 0 spiro atoms. The second kappa shape index (κ2) is 6.22. The third-order valence-corrected chi connectivity index (χ3v) is 7.46. The number of rotatable bonds is 3. The number of thioether (sulfide) groups is 1. The first-order valence-electron chi connectivity index (χ1n) is 9.23. The fraction of sp³-hybridized carbons (Fsp3) is 0.500. The van der Waals surface area contributed by atoms with Crippen molar-refractivity contribution in [2.24, 2.45) is 23.2 Å². The SMILES string of the molecule is CC(C)=C[C@@]12[C@H]3CCC(=O)[C@@H]1CC=C(Sc1ccccc1)[C@H]2CC3. The zero-order valence-electron chi connectivity index (χ0n) is 14.6. The number of Topliss-reactive ketones (excluding diaryl/α,β-unsaturated/α-hetero) is 1. The summed E-state index contributed by atoms with van der Waals surface area (Å²) in [7, 11) is 0. The Bertz CT molecular complexity index is 698. The molecule has 1 nitrogen and oxygen atoms in total. The van der Waals surface area contributed by atoms with Gasteiger partial charge in [-0.05, 0) is 68.4 Å². The van der Waals surface area contributed by atoms with Crippen LogP contribution in [0.5, 0.6) is 0 Å². The highest BCUT2D eigenvalue weighted by Gasteiger charge is 2.59. The molecule has 0 bridgehead atoms. The minimum Gasteiger partial charge on any atom is -0.299 e. The Morgan fingerprint density at radius 1 is 1.12 bits per heavy atom. The van der Waals surface area contributed by atoms with Crippen LogP contribution < -0.4 is 0 Å². The summed E-state index contributed by atoms with van der Waals surface area (Å²) in [5, 5.41) is 0. The summed E-state index contributed by atoms with van der Waals surface area (Å²) >= 11 is 1.93. The van der Waals surface area contributed by atoms with Crippen molar-refractivity contribution in [3.8, 4) is 0 Å². The lowest BCUT2D eigenvalue weighted by atomic mass is 9.54. The van der Waals surface area contributed by atoms with E-state index in [1.165, 1.54) is 28.2 Å². The predicted octanol–water partition coefficient (Wildman–Crippen LogP) is 6.02. The molecule has 0 saturated heterocycles. The van der Waals surface area contributed by atoms with Crippen molar-refractivity contribution >= 4 is 17.5 Å². The van der Waals surface area contributed by atoms with Crippen LogP contribution in [0.1, 0.15) is 46.0 Å². The zero-order valence-corrected chi connectivity index (χ0v) is 15.4. The van der Waals surface area contributed by atoms with Gasteiger partial charge in [-0.1, -0.05) is 47.7 Å². The summed E-state index contributed by atoms with van der Waals surface area (Å²) < 4.78 is 0. The lowest BCUT2D eigenvalue weighted by Crippen LogP contribution is -2.47. The first-order valence-corrected chi connectivity index (χ1v) is 10.0. The normalized spacial score (nSPS) is 34.5. The van der Waals surface area contributed by atoms with Gasteiger partial charge in [0.05, 0.1) is 0 Å². The molecule has 1 aromatic carbocycles. The molecule has 4 rings (SSSR count). The first-order chi connectivity index (χ1) is 11.6. The Kier molecular flexibility index (Phi) is 4.20. The Balaban J connectivity index is 1.75. The summed E-state index contributed by atoms with van der Waals surface area (Å²) in [6, 6.07) is 10.7. The summed E-state index contributed by atoms with van der Waals surface area (Å²) in [5.74, 6) is 1.96. The van der Waals surface area contributed by atoms with Crippen molar-refractivity contribution in [3.63, 3.8) is 0 Å². The fourth-order valence-electron chi connectivity index (χ4n) is 5.50. The third-order valence-electron chi connectivity index (χ3n) is 6.26. The molecule has 3 aliphatic carbocycles. The summed E-state index contributed by atoms with van der Waals surface area (Å²) in [6.45, 7) is 4.40. The molecular weight excluding hydrogens is 312 g/mol. The highest BCUT2D eigenvalue weighted by Crippen LogP contribution is 2.65. The molecule has 2 fully saturated rings. The number of benzene rings is 1. The highest BCUT2D eigenvalue weighted by atomic mass is 32.2. The van der Waals surface area contributed by atoms with Gasteiger partial charge in [0, 0.05) is 22.6 Å². The molecule has 0 heterocycles. The minimum atomic E-state index is 0.0973. The van der Waals surface area contributed by atoms with Crippen LogP contribution in [-0.4, -0.2) is 5.78 Å². The molecule has 2 saturated carbocycles. The van der Waals surface area contributed by atoms with Gasteiger partial charge in [0.15, 0.2) is 0 Å². The predicted molar refractivity (Wildman–Crippen MR) is 101 cm³/mol. The van der Waals surface area contributed by atoms with Crippen LogP contribution in [0.25, 0.3) is 0 Å². The molecule has 0 aromatic heterocycles. The van der Waals surface area contributed by atoms with E-state index in [0.29, 0.717) is 17.6 Å². The standard InChI is InChI=1S/C22H26OS/c1-15(2)14-22-16-8-10-19(22)21(24-17-6-4-3-5-7-17)13-11-18(22)20(23)12-9-16/h3-7,13-14,16,18-19H,8-12H2,1-2H3/t16-,18+,19-,22-/m1/s1. The molecule has 1 aromatic rings. The Labute approximate surface area is 149 Å². The average molecular weight is 339 g/mol. The van der Waals surface area contributed by atoms with Crippen LogP contribution in [-0.2, 0) is 4.79 Å². The monoisotopic (exact) mass is 338 g/mol. The van der Waals surface area contributed by atoms with Crippen molar-refractivity contribution in [2.45, 2.75) is 50.8 Å². The number of carbonyl (C=O) groups excluding carboxylic acids is 1. The molecule has 0 aliphatic heterocycles. The molecule has 0 N–H and O–H groups in total. The largest absolute Gasteiger partial charge is 0.299 e. The van der Waals surface area contributed by atoms with Crippen molar-refractivity contribution in [1.29, 1.82) is 0 Å². The number of ketones is 1. The van der Waals surface area contributed by atoms with Crippen molar-refractivity contribution < 1.29 is 4.79 Å². The number of allylic oxidation sites excluding steroid dienone is 4. The van der Waals surface area contributed by atoms with Crippen LogP contribution in [0.3, 0.4) is 0 Å². The van der Waals surface area contributed by atoms with E-state index >= 15 is 0 Å². The number of hydrogen-bond acceptors (Lipinski definition) is 2. The molecule has 3 aliphatic rings. The summed E-state index contributed by atoms with van der Waals surface area (Å²) in [6.07, 6.45) is 10.2. The van der Waals surface area contributed by atoms with Gasteiger partial charge in [0.1, 0.15) is 5.78 Å². The lowest BCUT2D eigenvalue weighted by molar-refractivity contribution is -0.132. The fourth-order valence-corrected chi connectivity index (χ4v) is 6.71. The van der Waals surface area contributed by atoms with Gasteiger partial charge in [-0.15, -0.1) is 0 Å². The molecule has 0 unspecified atom stereocenters. The second-order valence-corrected chi connectivity index (χ2v) is 9.01. The van der Waals surface area contributed by atoms with E-state index in [0.717, 1.165) is 19.3 Å². The van der Waals surface area contributed by atoms with E-state index in [-0.39, 0.29) is 11.3 Å². The van der Waals surface area contributed by atoms with Crippen LogP contribution in [0.2, 0.25) is 0 Å². The van der Waals surface area contributed by atoms with Crippen molar-refractivity contribution in [1.82, 2.24) is 0 Å². The topological polar surface area (TPSA) is 17.1 Å². The average Bonchev–Trinajstić information content (AvgIpc) is 2.92. The second-order valence-electron chi connectivity index (χ2n) is 7.86. The zero-order chi connectivity index (χ0) is 16.7.